The highest BCUT2D eigenvalue weighted by atomic mass is 35.5. The number of thiazole rings is 1. The van der Waals surface area contributed by atoms with Crippen molar-refractivity contribution in [3.05, 3.63) is 10.0 Å². The van der Waals surface area contributed by atoms with E-state index in [-0.39, 0.29) is 6.10 Å². The molecule has 96 valence electrons. The predicted molar refractivity (Wildman–Crippen MR) is 71.1 cm³/mol. The zero-order valence-corrected chi connectivity index (χ0v) is 11.7. The van der Waals surface area contributed by atoms with Crippen molar-refractivity contribution in [3.8, 4) is 6.07 Å². The molecule has 0 unspecified atom stereocenters. The Bertz CT molecular complexity index is 494. The van der Waals surface area contributed by atoms with E-state index in [4.69, 9.17) is 21.6 Å². The maximum Gasteiger partial charge on any atom is 0.188 e. The van der Waals surface area contributed by atoms with Gasteiger partial charge in [-0.05, 0) is 25.7 Å². The molecule has 2 aliphatic rings. The van der Waals surface area contributed by atoms with E-state index in [1.54, 1.807) is 0 Å². The fourth-order valence-corrected chi connectivity index (χ4v) is 3.42. The monoisotopic (exact) mass is 283 g/mol. The average molecular weight is 284 g/mol. The van der Waals surface area contributed by atoms with Crippen LogP contribution in [0, 0.1) is 17.2 Å². The summed E-state index contributed by atoms with van der Waals surface area (Å²) < 4.78 is 6.44. The average Bonchev–Trinajstić information content (AvgIpc) is 3.12. The molecule has 0 amide bonds. The van der Waals surface area contributed by atoms with Gasteiger partial charge in [0.15, 0.2) is 10.8 Å². The maximum absolute atomic E-state index is 8.90. The third-order valence-corrected chi connectivity index (χ3v) is 4.70. The molecule has 0 radical (unpaired) electrons. The van der Waals surface area contributed by atoms with Gasteiger partial charge in [0.2, 0.25) is 0 Å². The summed E-state index contributed by atoms with van der Waals surface area (Å²) in [5, 5.41) is 9.74. The minimum Gasteiger partial charge on any atom is -0.371 e. The van der Waals surface area contributed by atoms with E-state index < -0.39 is 0 Å². The molecule has 1 aromatic rings. The molecule has 6 heteroatoms. The Morgan fingerprint density at radius 1 is 1.50 bits per heavy atom. The Kier molecular flexibility index (Phi) is 3.18. The van der Waals surface area contributed by atoms with Gasteiger partial charge in [0.1, 0.15) is 10.4 Å². The molecule has 18 heavy (non-hydrogen) atoms. The van der Waals surface area contributed by atoms with E-state index in [9.17, 15) is 0 Å². The Balaban J connectivity index is 1.79. The van der Waals surface area contributed by atoms with Gasteiger partial charge in [0.05, 0.1) is 12.2 Å². The van der Waals surface area contributed by atoms with Crippen molar-refractivity contribution in [2.45, 2.75) is 32.0 Å². The fourth-order valence-electron chi connectivity index (χ4n) is 2.37. The van der Waals surface area contributed by atoms with Crippen LogP contribution >= 0.6 is 22.9 Å². The summed E-state index contributed by atoms with van der Waals surface area (Å²) in [6, 6.07) is 2.02. The van der Waals surface area contributed by atoms with Gasteiger partial charge < -0.3 is 9.64 Å². The number of hydrogen-bond acceptors (Lipinski definition) is 5. The number of halogens is 1. The van der Waals surface area contributed by atoms with Crippen LogP contribution in [0.2, 0.25) is 4.34 Å². The number of hydrogen-bond donors (Lipinski definition) is 0. The van der Waals surface area contributed by atoms with Gasteiger partial charge in [0.25, 0.3) is 0 Å². The molecule has 1 aromatic heterocycles. The second-order valence-electron chi connectivity index (χ2n) is 4.96. The standard InChI is InChI=1S/C12H14ClN3OS/c1-7-5-16(6-10(17-7)8-2-3-8)12-15-9(4-14)11(13)18-12/h7-8,10H,2-3,5-6H2,1H3/t7-,10-/m1/s1. The minimum atomic E-state index is 0.206. The number of morpholine rings is 1. The first-order valence-corrected chi connectivity index (χ1v) is 7.33. The highest BCUT2D eigenvalue weighted by Gasteiger charge is 2.38. The molecule has 0 N–H and O–H groups in total. The molecule has 1 saturated carbocycles. The smallest absolute Gasteiger partial charge is 0.188 e. The number of rotatable bonds is 2. The number of nitriles is 1. The summed E-state index contributed by atoms with van der Waals surface area (Å²) in [6.45, 7) is 3.77. The summed E-state index contributed by atoms with van der Waals surface area (Å²) in [5.41, 5.74) is 0.332. The third-order valence-electron chi connectivity index (χ3n) is 3.38. The summed E-state index contributed by atoms with van der Waals surface area (Å²) in [6.07, 6.45) is 3.06. The van der Waals surface area contributed by atoms with Crippen LogP contribution in [-0.2, 0) is 4.74 Å². The third kappa shape index (κ3) is 2.33. The van der Waals surface area contributed by atoms with Crippen molar-refractivity contribution < 1.29 is 4.74 Å². The van der Waals surface area contributed by atoms with Crippen LogP contribution in [0.1, 0.15) is 25.5 Å². The zero-order chi connectivity index (χ0) is 12.7. The van der Waals surface area contributed by atoms with Gasteiger partial charge in [-0.1, -0.05) is 22.9 Å². The van der Waals surface area contributed by atoms with E-state index in [1.807, 2.05) is 6.07 Å². The van der Waals surface area contributed by atoms with E-state index in [1.165, 1.54) is 24.2 Å². The molecular formula is C12H14ClN3OS. The lowest BCUT2D eigenvalue weighted by atomic mass is 10.1. The highest BCUT2D eigenvalue weighted by Crippen LogP contribution is 2.38. The molecule has 2 atom stereocenters. The molecule has 1 aliphatic carbocycles. The van der Waals surface area contributed by atoms with Crippen LogP contribution in [-0.4, -0.2) is 30.3 Å². The van der Waals surface area contributed by atoms with Crippen molar-refractivity contribution in [1.29, 1.82) is 5.26 Å². The molecule has 2 fully saturated rings. The first kappa shape index (κ1) is 12.2. The lowest BCUT2D eigenvalue weighted by Gasteiger charge is -2.36. The normalized spacial score (nSPS) is 28.2. The summed E-state index contributed by atoms with van der Waals surface area (Å²) >= 11 is 7.37. The second-order valence-corrected chi connectivity index (χ2v) is 6.54. The van der Waals surface area contributed by atoms with E-state index >= 15 is 0 Å². The Morgan fingerprint density at radius 2 is 2.28 bits per heavy atom. The Hall–Kier alpha value is -0.830. The second kappa shape index (κ2) is 4.69. The van der Waals surface area contributed by atoms with Crippen molar-refractivity contribution in [2.75, 3.05) is 18.0 Å². The summed E-state index contributed by atoms with van der Waals surface area (Å²) in [4.78, 5) is 6.50. The van der Waals surface area contributed by atoms with Crippen LogP contribution in [0.25, 0.3) is 0 Å². The number of aromatic nitrogens is 1. The topological polar surface area (TPSA) is 49.2 Å². The molecule has 0 bridgehead atoms. The predicted octanol–water partition coefficient (Wildman–Crippen LogP) is 2.67. The largest absolute Gasteiger partial charge is 0.371 e. The molecule has 3 rings (SSSR count). The number of ether oxygens (including phenoxy) is 1. The van der Waals surface area contributed by atoms with Crippen molar-refractivity contribution in [3.63, 3.8) is 0 Å². The molecule has 1 saturated heterocycles. The van der Waals surface area contributed by atoms with E-state index in [2.05, 4.69) is 16.8 Å². The minimum absolute atomic E-state index is 0.206. The molecule has 4 nitrogen and oxygen atoms in total. The van der Waals surface area contributed by atoms with E-state index in [0.29, 0.717) is 22.1 Å². The van der Waals surface area contributed by atoms with Crippen molar-refractivity contribution in [1.82, 2.24) is 4.98 Å². The van der Waals surface area contributed by atoms with Gasteiger partial charge in [-0.3, -0.25) is 0 Å². The van der Waals surface area contributed by atoms with Gasteiger partial charge in [-0.2, -0.15) is 5.26 Å². The Labute approximate surface area is 115 Å². The molecule has 2 heterocycles. The van der Waals surface area contributed by atoms with Crippen LogP contribution in [0.4, 0.5) is 5.13 Å². The number of anilines is 1. The quantitative estimate of drug-likeness (QED) is 0.837. The van der Waals surface area contributed by atoms with Crippen molar-refractivity contribution in [2.24, 2.45) is 5.92 Å². The van der Waals surface area contributed by atoms with Gasteiger partial charge in [-0.15, -0.1) is 0 Å². The lowest BCUT2D eigenvalue weighted by Crippen LogP contribution is -2.47. The van der Waals surface area contributed by atoms with Crippen molar-refractivity contribution >= 4 is 28.1 Å². The van der Waals surface area contributed by atoms with Gasteiger partial charge in [-0.25, -0.2) is 4.98 Å². The first-order chi connectivity index (χ1) is 8.67. The van der Waals surface area contributed by atoms with Crippen LogP contribution in [0.15, 0.2) is 0 Å². The summed E-state index contributed by atoms with van der Waals surface area (Å²) in [5.74, 6) is 0.709. The van der Waals surface area contributed by atoms with Crippen LogP contribution in [0.5, 0.6) is 0 Å². The first-order valence-electron chi connectivity index (χ1n) is 6.14. The zero-order valence-electron chi connectivity index (χ0n) is 10.1. The van der Waals surface area contributed by atoms with Gasteiger partial charge in [0, 0.05) is 13.1 Å². The SMILES string of the molecule is C[C@@H]1CN(c2nc(C#N)c(Cl)s2)C[C@H](C2CC2)O1. The number of nitrogens with zero attached hydrogens (tertiary/aromatic N) is 3. The maximum atomic E-state index is 8.90. The molecule has 0 aromatic carbocycles. The Morgan fingerprint density at radius 3 is 2.89 bits per heavy atom. The summed E-state index contributed by atoms with van der Waals surface area (Å²) in [7, 11) is 0. The van der Waals surface area contributed by atoms with Crippen LogP contribution in [0.3, 0.4) is 0 Å². The van der Waals surface area contributed by atoms with E-state index in [0.717, 1.165) is 18.2 Å². The lowest BCUT2D eigenvalue weighted by molar-refractivity contribution is -0.0271. The molecular weight excluding hydrogens is 270 g/mol. The molecule has 1 aliphatic heterocycles. The van der Waals surface area contributed by atoms with Crippen LogP contribution < -0.4 is 4.90 Å². The molecule has 0 spiro atoms. The highest BCUT2D eigenvalue weighted by molar-refractivity contribution is 7.19. The fraction of sp³-hybridized carbons (Fsp3) is 0.667. The van der Waals surface area contributed by atoms with Gasteiger partial charge >= 0.3 is 0 Å².